The van der Waals surface area contributed by atoms with E-state index in [1.807, 2.05) is 6.92 Å². The van der Waals surface area contributed by atoms with Gasteiger partial charge in [0.25, 0.3) is 5.91 Å². The Kier molecular flexibility index (Phi) is 6.91. The van der Waals surface area contributed by atoms with E-state index in [1.54, 1.807) is 22.9 Å². The maximum Gasteiger partial charge on any atom is 0.282 e. The molecule has 2 aromatic rings. The quantitative estimate of drug-likeness (QED) is 0.535. The number of rotatable bonds is 8. The highest BCUT2D eigenvalue weighted by Gasteiger charge is 2.19. The molecule has 1 aromatic carbocycles. The van der Waals surface area contributed by atoms with Crippen molar-refractivity contribution in [2.45, 2.75) is 26.3 Å². The van der Waals surface area contributed by atoms with E-state index in [2.05, 4.69) is 0 Å². The summed E-state index contributed by atoms with van der Waals surface area (Å²) in [5.41, 5.74) is 0.295. The summed E-state index contributed by atoms with van der Waals surface area (Å²) in [6.07, 6.45) is 4.74. The number of pyridine rings is 1. The lowest BCUT2D eigenvalue weighted by Crippen LogP contribution is -2.31. The molecule has 0 radical (unpaired) electrons. The first-order valence-electron chi connectivity index (χ1n) is 8.39. The number of unbranched alkanes of at least 4 members (excludes halogenated alkanes) is 1. The minimum Gasteiger partial charge on any atom is -0.488 e. The molecule has 7 heteroatoms. The van der Waals surface area contributed by atoms with Gasteiger partial charge in [-0.15, -0.1) is 0 Å². The molecule has 0 fully saturated rings. The van der Waals surface area contributed by atoms with Crippen LogP contribution in [-0.4, -0.2) is 36.3 Å². The van der Waals surface area contributed by atoms with Crippen molar-refractivity contribution >= 4 is 5.91 Å². The highest BCUT2D eigenvalue weighted by atomic mass is 19.1. The number of nitrogens with zero attached hydrogens (tertiary/aromatic N) is 2. The third-order valence-electron chi connectivity index (χ3n) is 3.87. The standard InChI is InChI=1S/C19H23FN2O4/c1-4-5-10-26-17-13-22(11-14-6-8-15(20)9-7-14)12-16(18(17)23)19(24)21(2)25-3/h6-9,12-13H,4-5,10-11H2,1-3H3. The molecule has 0 aliphatic heterocycles. The van der Waals surface area contributed by atoms with E-state index >= 15 is 0 Å². The summed E-state index contributed by atoms with van der Waals surface area (Å²) in [6, 6.07) is 6.02. The van der Waals surface area contributed by atoms with Crippen LogP contribution < -0.4 is 10.2 Å². The van der Waals surface area contributed by atoms with E-state index in [-0.39, 0.29) is 17.1 Å². The van der Waals surface area contributed by atoms with Gasteiger partial charge in [-0.2, -0.15) is 0 Å². The molecular formula is C19H23FN2O4. The number of hydroxylamine groups is 2. The van der Waals surface area contributed by atoms with E-state index < -0.39 is 11.3 Å². The van der Waals surface area contributed by atoms with Crippen LogP contribution in [0.5, 0.6) is 5.75 Å². The zero-order valence-corrected chi connectivity index (χ0v) is 15.2. The first-order chi connectivity index (χ1) is 12.5. The van der Waals surface area contributed by atoms with Crippen LogP contribution in [0.2, 0.25) is 0 Å². The predicted octanol–water partition coefficient (Wildman–Crippen LogP) is 2.85. The summed E-state index contributed by atoms with van der Waals surface area (Å²) in [7, 11) is 2.77. The second-order valence-corrected chi connectivity index (χ2v) is 5.85. The Labute approximate surface area is 151 Å². The van der Waals surface area contributed by atoms with Gasteiger partial charge in [-0.25, -0.2) is 9.45 Å². The van der Waals surface area contributed by atoms with Gasteiger partial charge >= 0.3 is 0 Å². The van der Waals surface area contributed by atoms with Crippen molar-refractivity contribution in [3.8, 4) is 5.75 Å². The van der Waals surface area contributed by atoms with Crippen molar-refractivity contribution in [1.82, 2.24) is 9.63 Å². The molecule has 0 unspecified atom stereocenters. The number of hydrogen-bond acceptors (Lipinski definition) is 4. The Morgan fingerprint density at radius 1 is 1.23 bits per heavy atom. The smallest absolute Gasteiger partial charge is 0.282 e. The van der Waals surface area contributed by atoms with Crippen LogP contribution in [0, 0.1) is 5.82 Å². The maximum absolute atomic E-state index is 13.1. The second-order valence-electron chi connectivity index (χ2n) is 5.85. The van der Waals surface area contributed by atoms with Crippen molar-refractivity contribution in [3.05, 3.63) is 63.8 Å². The Bertz CT molecular complexity index is 802. The summed E-state index contributed by atoms with van der Waals surface area (Å²) in [5, 5.41) is 0.981. The van der Waals surface area contributed by atoms with Crippen molar-refractivity contribution in [2.75, 3.05) is 20.8 Å². The number of hydrogen-bond donors (Lipinski definition) is 0. The first kappa shape index (κ1) is 19.7. The van der Waals surface area contributed by atoms with Crippen LogP contribution in [0.4, 0.5) is 4.39 Å². The fourth-order valence-corrected chi connectivity index (χ4v) is 2.33. The van der Waals surface area contributed by atoms with Crippen LogP contribution in [-0.2, 0) is 11.4 Å². The van der Waals surface area contributed by atoms with Gasteiger partial charge in [0.1, 0.15) is 11.4 Å². The maximum atomic E-state index is 13.1. The molecule has 140 valence electrons. The molecule has 6 nitrogen and oxygen atoms in total. The lowest BCUT2D eigenvalue weighted by atomic mass is 10.2. The molecule has 0 aliphatic rings. The number of carbonyl (C=O) groups excluding carboxylic acids is 1. The van der Waals surface area contributed by atoms with Crippen molar-refractivity contribution < 1.29 is 18.8 Å². The van der Waals surface area contributed by atoms with Crippen molar-refractivity contribution in [3.63, 3.8) is 0 Å². The number of aromatic nitrogens is 1. The summed E-state index contributed by atoms with van der Waals surface area (Å²) < 4.78 is 20.3. The van der Waals surface area contributed by atoms with Gasteiger partial charge in [-0.1, -0.05) is 25.5 Å². The normalized spacial score (nSPS) is 10.6. The van der Waals surface area contributed by atoms with Gasteiger partial charge < -0.3 is 9.30 Å². The van der Waals surface area contributed by atoms with Crippen molar-refractivity contribution in [1.29, 1.82) is 0 Å². The third kappa shape index (κ3) is 4.92. The monoisotopic (exact) mass is 362 g/mol. The van der Waals surface area contributed by atoms with Gasteiger partial charge in [0, 0.05) is 19.8 Å². The SMILES string of the molecule is CCCCOc1cn(Cc2ccc(F)cc2)cc(C(=O)N(C)OC)c1=O. The van der Waals surface area contributed by atoms with Gasteiger partial charge in [0.05, 0.1) is 19.9 Å². The van der Waals surface area contributed by atoms with Gasteiger partial charge in [-0.05, 0) is 24.1 Å². The summed E-state index contributed by atoms with van der Waals surface area (Å²) in [4.78, 5) is 29.9. The van der Waals surface area contributed by atoms with Crippen LogP contribution in [0.1, 0.15) is 35.7 Å². The summed E-state index contributed by atoms with van der Waals surface area (Å²) >= 11 is 0. The molecular weight excluding hydrogens is 339 g/mol. The van der Waals surface area contributed by atoms with E-state index in [9.17, 15) is 14.0 Å². The molecule has 0 saturated carbocycles. The van der Waals surface area contributed by atoms with Gasteiger partial charge in [0.2, 0.25) is 5.43 Å². The average molecular weight is 362 g/mol. The zero-order valence-electron chi connectivity index (χ0n) is 15.2. The molecule has 0 atom stereocenters. The number of amides is 1. The lowest BCUT2D eigenvalue weighted by molar-refractivity contribution is -0.0758. The Hall–Kier alpha value is -2.67. The topological polar surface area (TPSA) is 60.8 Å². The second kappa shape index (κ2) is 9.15. The molecule has 0 saturated heterocycles. The van der Waals surface area contributed by atoms with Crippen LogP contribution >= 0.6 is 0 Å². The molecule has 26 heavy (non-hydrogen) atoms. The third-order valence-corrected chi connectivity index (χ3v) is 3.87. The first-order valence-corrected chi connectivity index (χ1v) is 8.39. The van der Waals surface area contributed by atoms with E-state index in [0.29, 0.717) is 13.2 Å². The van der Waals surface area contributed by atoms with Crippen LogP contribution in [0.15, 0.2) is 41.5 Å². The number of ether oxygens (including phenoxy) is 1. The lowest BCUT2D eigenvalue weighted by Gasteiger charge is -2.16. The molecule has 1 heterocycles. The Balaban J connectivity index is 2.39. The fraction of sp³-hybridized carbons (Fsp3) is 0.368. The minimum absolute atomic E-state index is 0.0505. The molecule has 0 N–H and O–H groups in total. The van der Waals surface area contributed by atoms with Crippen LogP contribution in [0.25, 0.3) is 0 Å². The largest absolute Gasteiger partial charge is 0.488 e. The molecule has 0 bridgehead atoms. The summed E-state index contributed by atoms with van der Waals surface area (Å²) in [6.45, 7) is 2.77. The number of carbonyl (C=O) groups is 1. The molecule has 0 aliphatic carbocycles. The molecule has 2 rings (SSSR count). The summed E-state index contributed by atoms with van der Waals surface area (Å²) in [5.74, 6) is -0.781. The van der Waals surface area contributed by atoms with E-state index in [0.717, 1.165) is 23.5 Å². The minimum atomic E-state index is -0.564. The number of benzene rings is 1. The molecule has 1 amide bonds. The van der Waals surface area contributed by atoms with E-state index in [1.165, 1.54) is 32.5 Å². The molecule has 1 aromatic heterocycles. The zero-order chi connectivity index (χ0) is 19.1. The van der Waals surface area contributed by atoms with Crippen molar-refractivity contribution in [2.24, 2.45) is 0 Å². The Morgan fingerprint density at radius 3 is 2.54 bits per heavy atom. The number of halogens is 1. The van der Waals surface area contributed by atoms with E-state index in [4.69, 9.17) is 9.57 Å². The highest BCUT2D eigenvalue weighted by molar-refractivity contribution is 5.93. The van der Waals surface area contributed by atoms with Gasteiger partial charge in [0.15, 0.2) is 5.75 Å². The highest BCUT2D eigenvalue weighted by Crippen LogP contribution is 2.12. The average Bonchev–Trinajstić information content (AvgIpc) is 2.64. The molecule has 0 spiro atoms. The van der Waals surface area contributed by atoms with Gasteiger partial charge in [-0.3, -0.25) is 14.4 Å². The Morgan fingerprint density at radius 2 is 1.92 bits per heavy atom. The van der Waals surface area contributed by atoms with Crippen LogP contribution in [0.3, 0.4) is 0 Å². The fourth-order valence-electron chi connectivity index (χ4n) is 2.33. The predicted molar refractivity (Wildman–Crippen MR) is 95.7 cm³/mol.